The van der Waals surface area contributed by atoms with E-state index < -0.39 is 0 Å². The minimum atomic E-state index is -0.164. The summed E-state index contributed by atoms with van der Waals surface area (Å²) >= 11 is 0. The number of amides is 1. The Kier molecular flexibility index (Phi) is 3.90. The maximum atomic E-state index is 11.7. The maximum Gasteiger partial charge on any atom is 0.271 e. The monoisotopic (exact) mass is 234 g/mol. The first-order valence-electron chi connectivity index (χ1n) is 6.13. The lowest BCUT2D eigenvalue weighted by Gasteiger charge is -2.21. The van der Waals surface area contributed by atoms with Crippen LogP contribution in [0.25, 0.3) is 0 Å². The molecule has 1 aromatic rings. The highest BCUT2D eigenvalue weighted by atomic mass is 16.1. The third-order valence-electron chi connectivity index (χ3n) is 3.19. The zero-order valence-electron chi connectivity index (χ0n) is 9.85. The number of nitrogens with one attached hydrogen (secondary N) is 1. The van der Waals surface area contributed by atoms with Gasteiger partial charge in [-0.15, -0.1) is 10.2 Å². The highest BCUT2D eigenvalue weighted by Gasteiger charge is 2.15. The van der Waals surface area contributed by atoms with Crippen LogP contribution in [0.5, 0.6) is 0 Å². The molecule has 0 radical (unpaired) electrons. The van der Waals surface area contributed by atoms with E-state index in [-0.39, 0.29) is 5.91 Å². The first-order valence-corrected chi connectivity index (χ1v) is 6.13. The Labute approximate surface area is 101 Å². The number of nitrogens with zero attached hydrogens (tertiary/aromatic N) is 2. The van der Waals surface area contributed by atoms with Crippen LogP contribution in [0.2, 0.25) is 0 Å². The molecule has 5 nitrogen and oxygen atoms in total. The molecule has 0 bridgehead atoms. The molecule has 0 aliphatic heterocycles. The summed E-state index contributed by atoms with van der Waals surface area (Å²) in [4.78, 5) is 11.7. The van der Waals surface area contributed by atoms with Gasteiger partial charge in [0.15, 0.2) is 5.69 Å². The molecule has 1 amide bonds. The molecule has 1 saturated carbocycles. The van der Waals surface area contributed by atoms with E-state index in [1.165, 1.54) is 32.1 Å². The third-order valence-corrected chi connectivity index (χ3v) is 3.19. The number of nitrogens with two attached hydrogens (primary N) is 1. The van der Waals surface area contributed by atoms with E-state index in [2.05, 4.69) is 15.5 Å². The fraction of sp³-hybridized carbons (Fsp3) is 0.583. The lowest BCUT2D eigenvalue weighted by atomic mass is 9.89. The van der Waals surface area contributed by atoms with Gasteiger partial charge in [0.1, 0.15) is 5.82 Å². The normalized spacial score (nSPS) is 16.7. The van der Waals surface area contributed by atoms with E-state index >= 15 is 0 Å². The number of nitrogen functional groups attached to an aromatic ring is 1. The van der Waals surface area contributed by atoms with Crippen molar-refractivity contribution in [1.82, 2.24) is 15.5 Å². The molecule has 1 fully saturated rings. The lowest BCUT2D eigenvalue weighted by molar-refractivity contribution is 0.0937. The summed E-state index contributed by atoms with van der Waals surface area (Å²) in [5.74, 6) is 0.784. The Morgan fingerprint density at radius 3 is 2.71 bits per heavy atom. The summed E-state index contributed by atoms with van der Waals surface area (Å²) in [5.41, 5.74) is 5.74. The summed E-state index contributed by atoms with van der Waals surface area (Å²) in [6.07, 6.45) is 6.32. The molecular formula is C12H18N4O. The molecule has 5 heteroatoms. The summed E-state index contributed by atoms with van der Waals surface area (Å²) in [5, 5.41) is 10.3. The average Bonchev–Trinajstić information content (AvgIpc) is 2.38. The molecule has 17 heavy (non-hydrogen) atoms. The number of anilines is 1. The molecule has 0 spiro atoms. The molecule has 0 atom stereocenters. The van der Waals surface area contributed by atoms with Gasteiger partial charge < -0.3 is 11.1 Å². The molecular weight excluding hydrogens is 216 g/mol. The van der Waals surface area contributed by atoms with Crippen LogP contribution in [0.3, 0.4) is 0 Å². The first-order chi connectivity index (χ1) is 8.25. The molecule has 0 unspecified atom stereocenters. The van der Waals surface area contributed by atoms with Crippen molar-refractivity contribution < 1.29 is 4.79 Å². The van der Waals surface area contributed by atoms with Crippen LogP contribution in [0, 0.1) is 5.92 Å². The zero-order chi connectivity index (χ0) is 12.1. The number of hydrogen-bond donors (Lipinski definition) is 2. The van der Waals surface area contributed by atoms with Gasteiger partial charge in [0.2, 0.25) is 0 Å². The van der Waals surface area contributed by atoms with Crippen LogP contribution < -0.4 is 11.1 Å². The lowest BCUT2D eigenvalue weighted by Crippen LogP contribution is -2.31. The van der Waals surface area contributed by atoms with Gasteiger partial charge in [0, 0.05) is 6.54 Å². The van der Waals surface area contributed by atoms with Gasteiger partial charge in [-0.25, -0.2) is 0 Å². The molecule has 0 aromatic carbocycles. The summed E-state index contributed by atoms with van der Waals surface area (Å²) in [6, 6.07) is 3.18. The highest BCUT2D eigenvalue weighted by molar-refractivity contribution is 5.92. The van der Waals surface area contributed by atoms with E-state index in [4.69, 9.17) is 5.73 Å². The van der Waals surface area contributed by atoms with Crippen LogP contribution >= 0.6 is 0 Å². The van der Waals surface area contributed by atoms with Gasteiger partial charge in [-0.2, -0.15) is 0 Å². The molecule has 2 rings (SSSR count). The van der Waals surface area contributed by atoms with Crippen molar-refractivity contribution in [2.45, 2.75) is 32.1 Å². The molecule has 0 saturated heterocycles. The number of carbonyl (C=O) groups is 1. The van der Waals surface area contributed by atoms with E-state index in [9.17, 15) is 4.79 Å². The summed E-state index contributed by atoms with van der Waals surface area (Å²) in [6.45, 7) is 0.741. The largest absolute Gasteiger partial charge is 0.382 e. The Hall–Kier alpha value is -1.65. The van der Waals surface area contributed by atoms with Crippen LogP contribution in [0.15, 0.2) is 12.1 Å². The summed E-state index contributed by atoms with van der Waals surface area (Å²) < 4.78 is 0. The van der Waals surface area contributed by atoms with Crippen molar-refractivity contribution in [3.63, 3.8) is 0 Å². The van der Waals surface area contributed by atoms with Gasteiger partial charge in [0.05, 0.1) is 0 Å². The van der Waals surface area contributed by atoms with Crippen molar-refractivity contribution in [3.05, 3.63) is 17.8 Å². The molecule has 1 aliphatic rings. The summed E-state index contributed by atoms with van der Waals surface area (Å²) in [7, 11) is 0. The second-order valence-electron chi connectivity index (χ2n) is 4.56. The first kappa shape index (κ1) is 11.8. The standard InChI is InChI=1S/C12H18N4O/c13-11-7-6-10(15-16-11)12(17)14-8-9-4-2-1-3-5-9/h6-7,9H,1-5,8H2,(H2,13,16)(H,14,17). The third kappa shape index (κ3) is 3.41. The fourth-order valence-corrected chi connectivity index (χ4v) is 2.18. The quantitative estimate of drug-likeness (QED) is 0.827. The van der Waals surface area contributed by atoms with Crippen LogP contribution in [-0.2, 0) is 0 Å². The van der Waals surface area contributed by atoms with Gasteiger partial charge >= 0.3 is 0 Å². The van der Waals surface area contributed by atoms with E-state index in [1.807, 2.05) is 0 Å². The SMILES string of the molecule is Nc1ccc(C(=O)NCC2CCCCC2)nn1. The molecule has 92 valence electrons. The topological polar surface area (TPSA) is 80.9 Å². The molecule has 1 aliphatic carbocycles. The predicted octanol–water partition coefficient (Wildman–Crippen LogP) is 1.37. The minimum absolute atomic E-state index is 0.164. The van der Waals surface area contributed by atoms with Gasteiger partial charge in [-0.05, 0) is 30.9 Å². The van der Waals surface area contributed by atoms with Crippen molar-refractivity contribution in [3.8, 4) is 0 Å². The smallest absolute Gasteiger partial charge is 0.271 e. The van der Waals surface area contributed by atoms with Crippen LogP contribution in [-0.4, -0.2) is 22.6 Å². The van der Waals surface area contributed by atoms with Gasteiger partial charge in [0.25, 0.3) is 5.91 Å². The second kappa shape index (κ2) is 5.61. The predicted molar refractivity (Wildman–Crippen MR) is 65.4 cm³/mol. The molecule has 1 heterocycles. The maximum absolute atomic E-state index is 11.7. The minimum Gasteiger partial charge on any atom is -0.382 e. The van der Waals surface area contributed by atoms with E-state index in [1.54, 1.807) is 12.1 Å². The number of carbonyl (C=O) groups excluding carboxylic acids is 1. The van der Waals surface area contributed by atoms with Crippen LogP contribution in [0.4, 0.5) is 5.82 Å². The van der Waals surface area contributed by atoms with Gasteiger partial charge in [-0.3, -0.25) is 4.79 Å². The van der Waals surface area contributed by atoms with Crippen molar-refractivity contribution >= 4 is 11.7 Å². The molecule has 3 N–H and O–H groups in total. The Bertz CT molecular complexity index is 371. The second-order valence-corrected chi connectivity index (χ2v) is 4.56. The Balaban J connectivity index is 1.82. The fourth-order valence-electron chi connectivity index (χ4n) is 2.18. The zero-order valence-corrected chi connectivity index (χ0v) is 9.85. The van der Waals surface area contributed by atoms with Crippen LogP contribution in [0.1, 0.15) is 42.6 Å². The Morgan fingerprint density at radius 1 is 1.29 bits per heavy atom. The van der Waals surface area contributed by atoms with Crippen molar-refractivity contribution in [2.75, 3.05) is 12.3 Å². The average molecular weight is 234 g/mol. The van der Waals surface area contributed by atoms with Gasteiger partial charge in [-0.1, -0.05) is 19.3 Å². The van der Waals surface area contributed by atoms with E-state index in [0.29, 0.717) is 17.4 Å². The number of rotatable bonds is 3. The van der Waals surface area contributed by atoms with Crippen molar-refractivity contribution in [2.24, 2.45) is 5.92 Å². The van der Waals surface area contributed by atoms with E-state index in [0.717, 1.165) is 6.54 Å². The molecule has 1 aromatic heterocycles. The van der Waals surface area contributed by atoms with Crippen molar-refractivity contribution in [1.29, 1.82) is 0 Å². The number of hydrogen-bond acceptors (Lipinski definition) is 4. The Morgan fingerprint density at radius 2 is 2.06 bits per heavy atom. The highest BCUT2D eigenvalue weighted by Crippen LogP contribution is 2.22. The number of aromatic nitrogens is 2.